The molecule has 0 unspecified atom stereocenters. The van der Waals surface area contributed by atoms with E-state index in [4.69, 9.17) is 10.5 Å². The highest BCUT2D eigenvalue weighted by Gasteiger charge is 2.28. The Bertz CT molecular complexity index is 110. The maximum absolute atomic E-state index is 11.5. The number of hydrogen-bond acceptors (Lipinski definition) is 2. The summed E-state index contributed by atoms with van der Waals surface area (Å²) < 4.78 is 27.8. The van der Waals surface area contributed by atoms with Crippen LogP contribution in [0.15, 0.2) is 0 Å². The first-order valence-corrected chi connectivity index (χ1v) is 3.35. The molecule has 0 bridgehead atoms. The van der Waals surface area contributed by atoms with E-state index in [2.05, 4.69) is 0 Å². The van der Waals surface area contributed by atoms with Crippen LogP contribution in [0.25, 0.3) is 0 Å². The lowest BCUT2D eigenvalue weighted by Crippen LogP contribution is -2.46. The smallest absolute Gasteiger partial charge is 0.261 e. The lowest BCUT2D eigenvalue weighted by molar-refractivity contribution is -0.0631. The van der Waals surface area contributed by atoms with Gasteiger partial charge in [0.2, 0.25) is 0 Å². The molecule has 0 aromatic carbocycles. The molecule has 1 aliphatic carbocycles. The molecule has 1 saturated carbocycles. The Balaban J connectivity index is 2.03. The molecule has 0 spiro atoms. The first-order valence-electron chi connectivity index (χ1n) is 3.35. The fourth-order valence-corrected chi connectivity index (χ4v) is 0.898. The fraction of sp³-hybridized carbons (Fsp3) is 1.00. The molecule has 0 heterocycles. The van der Waals surface area contributed by atoms with Gasteiger partial charge in [-0.2, -0.15) is 0 Å². The van der Waals surface area contributed by atoms with Crippen LogP contribution in [0.5, 0.6) is 0 Å². The van der Waals surface area contributed by atoms with Crippen molar-refractivity contribution in [3.05, 3.63) is 0 Å². The Morgan fingerprint density at radius 1 is 1.50 bits per heavy atom. The SMILES string of the molecule is N[C@H]1CC[C@H]1OCC(F)F. The third-order valence-corrected chi connectivity index (χ3v) is 1.70. The predicted molar refractivity (Wildman–Crippen MR) is 33.0 cm³/mol. The number of hydrogen-bond donors (Lipinski definition) is 1. The van der Waals surface area contributed by atoms with Gasteiger partial charge >= 0.3 is 0 Å². The van der Waals surface area contributed by atoms with Gasteiger partial charge in [0.15, 0.2) is 0 Å². The van der Waals surface area contributed by atoms with Crippen LogP contribution in [-0.2, 0) is 4.74 Å². The van der Waals surface area contributed by atoms with Crippen molar-refractivity contribution in [3.63, 3.8) is 0 Å². The van der Waals surface area contributed by atoms with Crippen LogP contribution < -0.4 is 5.73 Å². The highest BCUT2D eigenvalue weighted by Crippen LogP contribution is 2.21. The normalized spacial score (nSPS) is 32.4. The summed E-state index contributed by atoms with van der Waals surface area (Å²) in [6.07, 6.45) is -0.760. The Morgan fingerprint density at radius 2 is 2.20 bits per heavy atom. The molecule has 0 aromatic heterocycles. The standard InChI is InChI=1S/C6H11F2NO/c7-6(8)3-10-5-2-1-4(5)9/h4-6H,1-3,9H2/t4-,5+/m0/s1. The van der Waals surface area contributed by atoms with E-state index in [1.807, 2.05) is 0 Å². The van der Waals surface area contributed by atoms with Gasteiger partial charge in [0, 0.05) is 6.04 Å². The maximum atomic E-state index is 11.5. The van der Waals surface area contributed by atoms with Crippen molar-refractivity contribution < 1.29 is 13.5 Å². The van der Waals surface area contributed by atoms with Crippen molar-refractivity contribution in [2.45, 2.75) is 31.4 Å². The van der Waals surface area contributed by atoms with Crippen molar-refractivity contribution >= 4 is 0 Å². The van der Waals surface area contributed by atoms with Gasteiger partial charge in [-0.1, -0.05) is 0 Å². The van der Waals surface area contributed by atoms with E-state index >= 15 is 0 Å². The molecule has 0 saturated heterocycles. The minimum Gasteiger partial charge on any atom is -0.371 e. The molecule has 2 atom stereocenters. The molecule has 1 fully saturated rings. The molecule has 0 amide bonds. The maximum Gasteiger partial charge on any atom is 0.261 e. The highest BCUT2D eigenvalue weighted by molar-refractivity contribution is 4.84. The molecule has 2 N–H and O–H groups in total. The van der Waals surface area contributed by atoms with Crippen LogP contribution in [0.2, 0.25) is 0 Å². The van der Waals surface area contributed by atoms with Gasteiger partial charge in [-0.3, -0.25) is 0 Å². The number of alkyl halides is 2. The second-order valence-corrected chi connectivity index (χ2v) is 2.50. The zero-order chi connectivity index (χ0) is 7.56. The molecule has 0 aromatic rings. The number of rotatable bonds is 3. The fourth-order valence-electron chi connectivity index (χ4n) is 0.898. The van der Waals surface area contributed by atoms with Crippen LogP contribution in [0.4, 0.5) is 8.78 Å². The van der Waals surface area contributed by atoms with E-state index < -0.39 is 13.0 Å². The molecule has 4 heteroatoms. The molecule has 60 valence electrons. The molecular weight excluding hydrogens is 140 g/mol. The summed E-state index contributed by atoms with van der Waals surface area (Å²) in [5.41, 5.74) is 5.44. The number of halogens is 2. The Hall–Kier alpha value is -0.220. The summed E-state index contributed by atoms with van der Waals surface area (Å²) in [7, 11) is 0. The predicted octanol–water partition coefficient (Wildman–Crippen LogP) is 0.758. The Morgan fingerprint density at radius 3 is 2.50 bits per heavy atom. The summed E-state index contributed by atoms with van der Waals surface area (Å²) in [5, 5.41) is 0. The van der Waals surface area contributed by atoms with E-state index in [0.717, 1.165) is 12.8 Å². The monoisotopic (exact) mass is 151 g/mol. The minimum absolute atomic E-state index is 0.0150. The van der Waals surface area contributed by atoms with E-state index in [1.54, 1.807) is 0 Å². The molecule has 10 heavy (non-hydrogen) atoms. The van der Waals surface area contributed by atoms with E-state index in [0.29, 0.717) is 0 Å². The van der Waals surface area contributed by atoms with Crippen molar-refractivity contribution in [2.24, 2.45) is 5.73 Å². The van der Waals surface area contributed by atoms with Gasteiger partial charge in [-0.25, -0.2) is 8.78 Å². The van der Waals surface area contributed by atoms with Crippen LogP contribution in [0, 0.1) is 0 Å². The average molecular weight is 151 g/mol. The second kappa shape index (κ2) is 3.25. The zero-order valence-electron chi connectivity index (χ0n) is 5.59. The van der Waals surface area contributed by atoms with Crippen LogP contribution in [0.3, 0.4) is 0 Å². The van der Waals surface area contributed by atoms with Gasteiger partial charge in [-0.05, 0) is 12.8 Å². The van der Waals surface area contributed by atoms with E-state index in [9.17, 15) is 8.78 Å². The third kappa shape index (κ3) is 1.88. The summed E-state index contributed by atoms with van der Waals surface area (Å²) in [6, 6.07) is -0.0150. The van der Waals surface area contributed by atoms with Gasteiger partial charge in [0.05, 0.1) is 6.10 Å². The van der Waals surface area contributed by atoms with Crippen molar-refractivity contribution in [2.75, 3.05) is 6.61 Å². The summed E-state index contributed by atoms with van der Waals surface area (Å²) in [4.78, 5) is 0. The molecule has 1 aliphatic rings. The second-order valence-electron chi connectivity index (χ2n) is 2.50. The van der Waals surface area contributed by atoms with E-state index in [-0.39, 0.29) is 12.1 Å². The van der Waals surface area contributed by atoms with Crippen LogP contribution in [-0.4, -0.2) is 25.2 Å². The first-order chi connectivity index (χ1) is 4.70. The van der Waals surface area contributed by atoms with Gasteiger partial charge in [0.1, 0.15) is 6.61 Å². The van der Waals surface area contributed by atoms with Crippen LogP contribution in [0.1, 0.15) is 12.8 Å². The molecular formula is C6H11F2NO. The minimum atomic E-state index is -2.37. The average Bonchev–Trinajstić information content (AvgIpc) is 1.84. The molecule has 0 aliphatic heterocycles. The molecule has 1 rings (SSSR count). The largest absolute Gasteiger partial charge is 0.371 e. The molecule has 0 radical (unpaired) electrons. The lowest BCUT2D eigenvalue weighted by Gasteiger charge is -2.33. The van der Waals surface area contributed by atoms with Crippen molar-refractivity contribution in [1.29, 1.82) is 0 Å². The number of ether oxygens (including phenoxy) is 1. The Labute approximate surface area is 58.3 Å². The van der Waals surface area contributed by atoms with Gasteiger partial charge in [-0.15, -0.1) is 0 Å². The summed E-state index contributed by atoms with van der Waals surface area (Å²) in [5.74, 6) is 0. The molecule has 2 nitrogen and oxygen atoms in total. The Kier molecular flexibility index (Phi) is 2.56. The third-order valence-electron chi connectivity index (χ3n) is 1.70. The van der Waals surface area contributed by atoms with E-state index in [1.165, 1.54) is 0 Å². The van der Waals surface area contributed by atoms with Crippen molar-refractivity contribution in [1.82, 2.24) is 0 Å². The van der Waals surface area contributed by atoms with Crippen LogP contribution >= 0.6 is 0 Å². The van der Waals surface area contributed by atoms with Gasteiger partial charge < -0.3 is 10.5 Å². The van der Waals surface area contributed by atoms with Gasteiger partial charge in [0.25, 0.3) is 6.43 Å². The highest BCUT2D eigenvalue weighted by atomic mass is 19.3. The number of nitrogens with two attached hydrogens (primary N) is 1. The van der Waals surface area contributed by atoms with Crippen molar-refractivity contribution in [3.8, 4) is 0 Å². The first kappa shape index (κ1) is 7.88. The summed E-state index contributed by atoms with van der Waals surface area (Å²) in [6.45, 7) is -0.474. The quantitative estimate of drug-likeness (QED) is 0.646. The zero-order valence-corrected chi connectivity index (χ0v) is 5.59. The topological polar surface area (TPSA) is 35.2 Å². The lowest BCUT2D eigenvalue weighted by atomic mass is 9.90. The summed E-state index contributed by atoms with van der Waals surface area (Å²) >= 11 is 0.